The van der Waals surface area contributed by atoms with E-state index in [-0.39, 0.29) is 0 Å². The highest BCUT2D eigenvalue weighted by atomic mass is 16.5. The third-order valence-electron chi connectivity index (χ3n) is 5.51. The lowest BCUT2D eigenvalue weighted by Gasteiger charge is -2.24. The third-order valence-corrected chi connectivity index (χ3v) is 5.51. The first kappa shape index (κ1) is 21.8. The van der Waals surface area contributed by atoms with Gasteiger partial charge in [-0.25, -0.2) is 0 Å². The zero-order valence-corrected chi connectivity index (χ0v) is 18.6. The van der Waals surface area contributed by atoms with Gasteiger partial charge in [-0.2, -0.15) is 0 Å². The molecule has 0 amide bonds. The lowest BCUT2D eigenvalue weighted by molar-refractivity contribution is 0.395. The molecule has 1 aliphatic rings. The highest BCUT2D eigenvalue weighted by Gasteiger charge is 2.24. The Hall–Kier alpha value is -2.89. The number of methoxy groups -OCH3 is 2. The van der Waals surface area contributed by atoms with E-state index in [1.807, 2.05) is 30.3 Å². The number of guanidine groups is 1. The first-order valence-corrected chi connectivity index (χ1v) is 10.7. The Morgan fingerprint density at radius 1 is 1.10 bits per heavy atom. The Morgan fingerprint density at radius 3 is 2.53 bits per heavy atom. The van der Waals surface area contributed by atoms with Crippen molar-refractivity contribution in [2.24, 2.45) is 10.9 Å². The van der Waals surface area contributed by atoms with Gasteiger partial charge in [0.1, 0.15) is 11.5 Å². The molecule has 6 nitrogen and oxygen atoms in total. The topological polar surface area (TPSA) is 49.3 Å². The molecular formula is C24H34N4O2. The van der Waals surface area contributed by atoms with Crippen LogP contribution in [-0.4, -0.2) is 58.3 Å². The van der Waals surface area contributed by atoms with Crippen molar-refractivity contribution < 1.29 is 9.47 Å². The molecule has 1 atom stereocenters. The second kappa shape index (κ2) is 10.8. The molecule has 0 aromatic heterocycles. The Labute approximate surface area is 180 Å². The second-order valence-electron chi connectivity index (χ2n) is 7.64. The van der Waals surface area contributed by atoms with E-state index in [0.717, 1.165) is 62.2 Å². The quantitative estimate of drug-likeness (QED) is 0.532. The minimum Gasteiger partial charge on any atom is -0.496 e. The number of aliphatic imine (C=N–C) groups is 1. The van der Waals surface area contributed by atoms with Gasteiger partial charge in [-0.05, 0) is 37.5 Å². The zero-order chi connectivity index (χ0) is 21.3. The van der Waals surface area contributed by atoms with Gasteiger partial charge in [-0.3, -0.25) is 4.99 Å². The average Bonchev–Trinajstić information content (AvgIpc) is 3.25. The van der Waals surface area contributed by atoms with Crippen LogP contribution < -0.4 is 19.7 Å². The van der Waals surface area contributed by atoms with Gasteiger partial charge in [-0.1, -0.05) is 30.3 Å². The molecule has 0 bridgehead atoms. The van der Waals surface area contributed by atoms with Gasteiger partial charge in [0, 0.05) is 45.3 Å². The van der Waals surface area contributed by atoms with Crippen molar-refractivity contribution in [3.05, 3.63) is 54.1 Å². The summed E-state index contributed by atoms with van der Waals surface area (Å²) >= 11 is 0. The molecule has 0 spiro atoms. The molecule has 162 valence electrons. The first-order valence-electron chi connectivity index (χ1n) is 10.7. The van der Waals surface area contributed by atoms with E-state index in [9.17, 15) is 0 Å². The number of hydrogen-bond acceptors (Lipinski definition) is 4. The van der Waals surface area contributed by atoms with Crippen LogP contribution in [0.2, 0.25) is 0 Å². The fourth-order valence-corrected chi connectivity index (χ4v) is 3.94. The smallest absolute Gasteiger partial charge is 0.193 e. The fourth-order valence-electron chi connectivity index (χ4n) is 3.94. The summed E-state index contributed by atoms with van der Waals surface area (Å²) in [5.41, 5.74) is 2.32. The molecule has 1 aliphatic heterocycles. The average molecular weight is 411 g/mol. The Kier molecular flexibility index (Phi) is 7.82. The van der Waals surface area contributed by atoms with E-state index in [1.54, 1.807) is 14.2 Å². The zero-order valence-electron chi connectivity index (χ0n) is 18.6. The summed E-state index contributed by atoms with van der Waals surface area (Å²) in [5.74, 6) is 3.30. The minimum atomic E-state index is 0.531. The summed E-state index contributed by atoms with van der Waals surface area (Å²) in [6.45, 7) is 6.53. The first-order chi connectivity index (χ1) is 14.7. The summed E-state index contributed by atoms with van der Waals surface area (Å²) < 4.78 is 11.0. The number of anilines is 1. The molecule has 3 rings (SSSR count). The van der Waals surface area contributed by atoms with E-state index >= 15 is 0 Å². The van der Waals surface area contributed by atoms with Gasteiger partial charge in [0.15, 0.2) is 5.96 Å². The molecule has 6 heteroatoms. The predicted molar refractivity (Wildman–Crippen MR) is 124 cm³/mol. The maximum Gasteiger partial charge on any atom is 0.193 e. The summed E-state index contributed by atoms with van der Waals surface area (Å²) in [7, 11) is 5.52. The number of rotatable bonds is 8. The van der Waals surface area contributed by atoms with Crippen LogP contribution in [0.4, 0.5) is 5.69 Å². The maximum atomic E-state index is 5.53. The van der Waals surface area contributed by atoms with Crippen LogP contribution in [0.3, 0.4) is 0 Å². The summed E-state index contributed by atoms with van der Waals surface area (Å²) in [4.78, 5) is 9.52. The van der Waals surface area contributed by atoms with Crippen LogP contribution >= 0.6 is 0 Å². The number of nitrogens with one attached hydrogen (secondary N) is 1. The number of benzene rings is 2. The highest BCUT2D eigenvalue weighted by molar-refractivity contribution is 5.79. The van der Waals surface area contributed by atoms with Gasteiger partial charge >= 0.3 is 0 Å². The molecule has 1 fully saturated rings. The Morgan fingerprint density at radius 2 is 1.80 bits per heavy atom. The van der Waals surface area contributed by atoms with Crippen LogP contribution in [0.5, 0.6) is 11.5 Å². The summed E-state index contributed by atoms with van der Waals surface area (Å²) in [5, 5.41) is 3.43. The predicted octanol–water partition coefficient (Wildman–Crippen LogP) is 3.63. The van der Waals surface area contributed by atoms with E-state index in [1.165, 1.54) is 5.69 Å². The Bertz CT molecular complexity index is 839. The normalized spacial score (nSPS) is 16.5. The van der Waals surface area contributed by atoms with Gasteiger partial charge < -0.3 is 24.6 Å². The highest BCUT2D eigenvalue weighted by Crippen LogP contribution is 2.32. The van der Waals surface area contributed by atoms with Crippen LogP contribution in [-0.2, 0) is 6.54 Å². The fraction of sp³-hybridized carbons (Fsp3) is 0.458. The minimum absolute atomic E-state index is 0.531. The van der Waals surface area contributed by atoms with Gasteiger partial charge in [0.2, 0.25) is 0 Å². The molecule has 0 radical (unpaired) electrons. The number of ether oxygens (including phenoxy) is 2. The molecule has 1 heterocycles. The van der Waals surface area contributed by atoms with Crippen LogP contribution in [0, 0.1) is 5.92 Å². The van der Waals surface area contributed by atoms with Gasteiger partial charge in [0.05, 0.1) is 19.9 Å². The summed E-state index contributed by atoms with van der Waals surface area (Å²) in [6.07, 6.45) is 1.14. The van der Waals surface area contributed by atoms with Crippen molar-refractivity contribution in [2.45, 2.75) is 19.9 Å². The SMILES string of the molecule is CCNC(=NCC1CCN(c2ccccc2OC)C1)N(C)Cc1ccccc1OC. The van der Waals surface area contributed by atoms with Crippen molar-refractivity contribution in [3.63, 3.8) is 0 Å². The van der Waals surface area contributed by atoms with Crippen molar-refractivity contribution in [1.29, 1.82) is 0 Å². The molecular weight excluding hydrogens is 376 g/mol. The van der Waals surface area contributed by atoms with E-state index in [2.05, 4.69) is 47.3 Å². The lowest BCUT2D eigenvalue weighted by Crippen LogP contribution is -2.39. The standard InChI is InChI=1S/C24H34N4O2/c1-5-25-24(27(2)18-20-10-6-8-12-22(20)29-3)26-16-19-14-15-28(17-19)21-11-7-9-13-23(21)30-4/h6-13,19H,5,14-18H2,1-4H3,(H,25,26). The van der Waals surface area contributed by atoms with E-state index < -0.39 is 0 Å². The van der Waals surface area contributed by atoms with Gasteiger partial charge in [0.25, 0.3) is 0 Å². The monoisotopic (exact) mass is 410 g/mol. The van der Waals surface area contributed by atoms with Gasteiger partial charge in [-0.15, -0.1) is 0 Å². The second-order valence-corrected chi connectivity index (χ2v) is 7.64. The molecule has 1 unspecified atom stereocenters. The van der Waals surface area contributed by atoms with E-state index in [0.29, 0.717) is 5.92 Å². The lowest BCUT2D eigenvalue weighted by atomic mass is 10.1. The van der Waals surface area contributed by atoms with Crippen LogP contribution in [0.15, 0.2) is 53.5 Å². The van der Waals surface area contributed by atoms with Crippen molar-refractivity contribution >= 4 is 11.6 Å². The third kappa shape index (κ3) is 5.38. The van der Waals surface area contributed by atoms with Crippen molar-refractivity contribution in [2.75, 3.05) is 52.3 Å². The molecule has 0 aliphatic carbocycles. The number of nitrogens with zero attached hydrogens (tertiary/aromatic N) is 3. The Balaban J connectivity index is 1.63. The summed E-state index contributed by atoms with van der Waals surface area (Å²) in [6, 6.07) is 16.4. The molecule has 2 aromatic rings. The molecule has 0 saturated carbocycles. The number of hydrogen-bond donors (Lipinski definition) is 1. The molecule has 30 heavy (non-hydrogen) atoms. The maximum absolute atomic E-state index is 5.53. The number of para-hydroxylation sites is 3. The van der Waals surface area contributed by atoms with Crippen LogP contribution in [0.1, 0.15) is 18.9 Å². The molecule has 1 saturated heterocycles. The van der Waals surface area contributed by atoms with E-state index in [4.69, 9.17) is 14.5 Å². The van der Waals surface area contributed by atoms with Crippen molar-refractivity contribution in [3.8, 4) is 11.5 Å². The van der Waals surface area contributed by atoms with Crippen LogP contribution in [0.25, 0.3) is 0 Å². The largest absolute Gasteiger partial charge is 0.496 e. The molecule has 2 aromatic carbocycles. The van der Waals surface area contributed by atoms with Crippen molar-refractivity contribution in [1.82, 2.24) is 10.2 Å². The molecule has 1 N–H and O–H groups in total.